The molecular weight excluding hydrogens is 413 g/mol. The molecule has 3 aromatic heterocycles. The molecule has 1 aliphatic heterocycles. The van der Waals surface area contributed by atoms with Crippen molar-refractivity contribution in [3.63, 3.8) is 0 Å². The lowest BCUT2D eigenvalue weighted by molar-refractivity contribution is -0.157. The fraction of sp³-hybridized carbons (Fsp3) is 0.600. The predicted molar refractivity (Wildman–Crippen MR) is 104 cm³/mol. The van der Waals surface area contributed by atoms with Crippen LogP contribution in [0.2, 0.25) is 0 Å². The maximum atomic E-state index is 12.6. The van der Waals surface area contributed by atoms with E-state index < -0.39 is 12.1 Å². The topological polar surface area (TPSA) is 81.6 Å². The molecule has 0 spiro atoms. The van der Waals surface area contributed by atoms with Gasteiger partial charge in [-0.25, -0.2) is 9.50 Å². The third kappa shape index (κ3) is 5.15. The Bertz CT molecular complexity index is 1030. The fourth-order valence-corrected chi connectivity index (χ4v) is 3.44. The number of likely N-dealkylation sites (tertiary alicyclic amines) is 1. The predicted octanol–water partition coefficient (Wildman–Crippen LogP) is 3.72. The standard InChI is InChI=1S/C20H25F3N6O2/c1-19(2,3)14-10-29-15(24-14)4-5-16(27-29)30-12-13-6-8-28(9-7-13)11-17-25-26-18(31-17)20(21,22)23/h4-5,10,13H,6-9,11-12H2,1-3H3. The molecule has 0 atom stereocenters. The number of fused-ring (bicyclic) bond motifs is 1. The van der Waals surface area contributed by atoms with Crippen molar-refractivity contribution in [1.29, 1.82) is 0 Å². The molecule has 4 rings (SSSR count). The lowest BCUT2D eigenvalue weighted by atomic mass is 9.93. The van der Waals surface area contributed by atoms with E-state index in [9.17, 15) is 13.2 Å². The van der Waals surface area contributed by atoms with Crippen molar-refractivity contribution in [2.75, 3.05) is 19.7 Å². The Hall–Kier alpha value is -2.69. The minimum absolute atomic E-state index is 0.0190. The SMILES string of the molecule is CC(C)(C)c1cn2nc(OCC3CCN(Cc4nnc(C(F)(F)F)o4)CC3)ccc2n1. The number of piperidine rings is 1. The Labute approximate surface area is 177 Å². The van der Waals surface area contributed by atoms with Crippen LogP contribution in [-0.2, 0) is 18.1 Å². The highest BCUT2D eigenvalue weighted by Crippen LogP contribution is 2.28. The summed E-state index contributed by atoms with van der Waals surface area (Å²) in [5.74, 6) is -0.439. The minimum Gasteiger partial charge on any atom is -0.476 e. The summed E-state index contributed by atoms with van der Waals surface area (Å²) in [6, 6.07) is 3.71. The maximum Gasteiger partial charge on any atom is 0.470 e. The van der Waals surface area contributed by atoms with Crippen molar-refractivity contribution in [2.24, 2.45) is 5.92 Å². The fourth-order valence-electron chi connectivity index (χ4n) is 3.44. The highest BCUT2D eigenvalue weighted by molar-refractivity contribution is 5.40. The second-order valence-corrected chi connectivity index (χ2v) is 8.88. The van der Waals surface area contributed by atoms with Crippen LogP contribution in [0.5, 0.6) is 5.88 Å². The van der Waals surface area contributed by atoms with Crippen molar-refractivity contribution < 1.29 is 22.3 Å². The molecule has 0 bridgehead atoms. The van der Waals surface area contributed by atoms with Crippen molar-refractivity contribution in [3.05, 3.63) is 35.8 Å². The monoisotopic (exact) mass is 438 g/mol. The van der Waals surface area contributed by atoms with Gasteiger partial charge in [-0.15, -0.1) is 15.3 Å². The van der Waals surface area contributed by atoms with E-state index in [4.69, 9.17) is 9.15 Å². The molecule has 3 aromatic rings. The number of halogens is 3. The molecule has 1 saturated heterocycles. The van der Waals surface area contributed by atoms with Gasteiger partial charge in [-0.3, -0.25) is 4.90 Å². The number of alkyl halides is 3. The average molecular weight is 438 g/mol. The van der Waals surface area contributed by atoms with Gasteiger partial charge in [0.25, 0.3) is 0 Å². The summed E-state index contributed by atoms with van der Waals surface area (Å²) in [6.07, 6.45) is -0.969. The molecule has 0 unspecified atom stereocenters. The van der Waals surface area contributed by atoms with Gasteiger partial charge in [0.2, 0.25) is 11.8 Å². The number of ether oxygens (including phenoxy) is 1. The number of rotatable bonds is 5. The molecule has 4 heterocycles. The van der Waals surface area contributed by atoms with Gasteiger partial charge in [0.1, 0.15) is 0 Å². The Morgan fingerprint density at radius 3 is 2.52 bits per heavy atom. The van der Waals surface area contributed by atoms with Gasteiger partial charge >= 0.3 is 12.1 Å². The number of aromatic nitrogens is 5. The van der Waals surface area contributed by atoms with E-state index in [0.29, 0.717) is 18.4 Å². The number of nitrogens with zero attached hydrogens (tertiary/aromatic N) is 6. The van der Waals surface area contributed by atoms with Crippen molar-refractivity contribution >= 4 is 5.65 Å². The summed E-state index contributed by atoms with van der Waals surface area (Å²) in [6.45, 7) is 8.50. The zero-order chi connectivity index (χ0) is 22.2. The van der Waals surface area contributed by atoms with E-state index in [1.165, 1.54) is 0 Å². The molecule has 0 aliphatic carbocycles. The van der Waals surface area contributed by atoms with Crippen molar-refractivity contribution in [3.8, 4) is 5.88 Å². The third-order valence-corrected chi connectivity index (χ3v) is 5.31. The molecule has 0 saturated carbocycles. The second kappa shape index (κ2) is 8.10. The van der Waals surface area contributed by atoms with Gasteiger partial charge in [0.05, 0.1) is 25.0 Å². The zero-order valence-electron chi connectivity index (χ0n) is 17.7. The summed E-state index contributed by atoms with van der Waals surface area (Å²) in [5, 5.41) is 11.0. The minimum atomic E-state index is -4.61. The van der Waals surface area contributed by atoms with E-state index in [2.05, 4.69) is 41.1 Å². The van der Waals surface area contributed by atoms with E-state index >= 15 is 0 Å². The lowest BCUT2D eigenvalue weighted by Crippen LogP contribution is -2.35. The highest BCUT2D eigenvalue weighted by Gasteiger charge is 2.38. The number of imidazole rings is 1. The van der Waals surface area contributed by atoms with E-state index in [-0.39, 0.29) is 17.9 Å². The molecule has 8 nitrogen and oxygen atoms in total. The first kappa shape index (κ1) is 21.5. The summed E-state index contributed by atoms with van der Waals surface area (Å²) < 4.78 is 50.0. The van der Waals surface area contributed by atoms with Crippen LogP contribution in [0.15, 0.2) is 22.7 Å². The molecule has 0 N–H and O–H groups in total. The van der Waals surface area contributed by atoms with Crippen molar-refractivity contribution in [2.45, 2.75) is 51.7 Å². The summed E-state index contributed by atoms with van der Waals surface area (Å²) in [7, 11) is 0. The van der Waals surface area contributed by atoms with E-state index in [1.807, 2.05) is 23.2 Å². The van der Waals surface area contributed by atoms with Crippen LogP contribution in [0.4, 0.5) is 13.2 Å². The Morgan fingerprint density at radius 1 is 1.13 bits per heavy atom. The highest BCUT2D eigenvalue weighted by atomic mass is 19.4. The molecule has 168 valence electrons. The van der Waals surface area contributed by atoms with Crippen LogP contribution in [0.25, 0.3) is 5.65 Å². The lowest BCUT2D eigenvalue weighted by Gasteiger charge is -2.30. The molecule has 1 fully saturated rings. The van der Waals surface area contributed by atoms with Crippen LogP contribution >= 0.6 is 0 Å². The van der Waals surface area contributed by atoms with Crippen LogP contribution in [-0.4, -0.2) is 49.4 Å². The molecular formula is C20H25F3N6O2. The molecule has 0 radical (unpaired) electrons. The van der Waals surface area contributed by atoms with E-state index in [1.54, 1.807) is 4.52 Å². The Balaban J connectivity index is 1.27. The largest absolute Gasteiger partial charge is 0.476 e. The van der Waals surface area contributed by atoms with Gasteiger partial charge < -0.3 is 9.15 Å². The quantitative estimate of drug-likeness (QED) is 0.601. The second-order valence-electron chi connectivity index (χ2n) is 8.88. The summed E-state index contributed by atoms with van der Waals surface area (Å²) in [5.41, 5.74) is 1.69. The van der Waals surface area contributed by atoms with Gasteiger partial charge in [-0.1, -0.05) is 20.8 Å². The zero-order valence-corrected chi connectivity index (χ0v) is 17.7. The number of hydrogen-bond acceptors (Lipinski definition) is 7. The van der Waals surface area contributed by atoms with Gasteiger partial charge in [0, 0.05) is 11.5 Å². The van der Waals surface area contributed by atoms with Gasteiger partial charge in [0.15, 0.2) is 5.65 Å². The van der Waals surface area contributed by atoms with Crippen LogP contribution in [0.1, 0.15) is 51.1 Å². The Morgan fingerprint density at radius 2 is 1.87 bits per heavy atom. The smallest absolute Gasteiger partial charge is 0.470 e. The molecule has 31 heavy (non-hydrogen) atoms. The first-order chi connectivity index (χ1) is 14.6. The molecule has 0 amide bonds. The first-order valence-corrected chi connectivity index (χ1v) is 10.2. The van der Waals surface area contributed by atoms with E-state index in [0.717, 1.165) is 37.3 Å². The average Bonchev–Trinajstić information content (AvgIpc) is 3.33. The van der Waals surface area contributed by atoms with Gasteiger partial charge in [-0.2, -0.15) is 13.2 Å². The number of hydrogen-bond donors (Lipinski definition) is 0. The Kier molecular flexibility index (Phi) is 5.63. The van der Waals surface area contributed by atoms with Crippen LogP contribution in [0.3, 0.4) is 0 Å². The molecule has 1 aliphatic rings. The summed E-state index contributed by atoms with van der Waals surface area (Å²) >= 11 is 0. The maximum absolute atomic E-state index is 12.6. The normalized spacial score (nSPS) is 16.8. The van der Waals surface area contributed by atoms with Crippen LogP contribution in [0, 0.1) is 5.92 Å². The third-order valence-electron chi connectivity index (χ3n) is 5.31. The molecule has 11 heteroatoms. The van der Waals surface area contributed by atoms with Crippen LogP contribution < -0.4 is 4.74 Å². The molecule has 0 aromatic carbocycles. The van der Waals surface area contributed by atoms with Gasteiger partial charge in [-0.05, 0) is 37.9 Å². The van der Waals surface area contributed by atoms with Crippen molar-refractivity contribution in [1.82, 2.24) is 29.7 Å². The first-order valence-electron chi connectivity index (χ1n) is 10.2. The summed E-state index contributed by atoms with van der Waals surface area (Å²) in [4.78, 5) is 6.60.